The molecule has 2 unspecified atom stereocenters. The Labute approximate surface area is 177 Å². The summed E-state index contributed by atoms with van der Waals surface area (Å²) in [6, 6.07) is 0. The normalized spacial score (nSPS) is 18.0. The van der Waals surface area contributed by atoms with Crippen molar-refractivity contribution in [1.82, 2.24) is 3.30 Å². The molecule has 25 heavy (non-hydrogen) atoms. The second-order valence-corrected chi connectivity index (χ2v) is 32.7. The van der Waals surface area contributed by atoms with E-state index in [1.807, 2.05) is 0 Å². The topological polar surface area (TPSA) is 29.1 Å². The van der Waals surface area contributed by atoms with Crippen LogP contribution < -0.4 is 28.1 Å². The van der Waals surface area contributed by atoms with Crippen LogP contribution in [0.25, 0.3) is 0 Å². The van der Waals surface area contributed by atoms with Crippen molar-refractivity contribution in [3.05, 3.63) is 20.0 Å². The molecule has 2 atom stereocenters. The van der Waals surface area contributed by atoms with E-state index in [1.54, 1.807) is 3.33 Å². The monoisotopic (exact) mass is 572 g/mol. The standard InChI is InChI=1S/C9H13.C8H17NO.C2H7Si.2ClH.Hf/c1-6-5-7(2)9(4)8(6)3;1-3-5-6-7(4-2)8(9)10;1-3-2;;;/h6H,1-4H3;7H,3-6H2,1-2H3,(H2,9,10);3H,1-2H3;2*1H;/q;;;;;+3/p-3. The van der Waals surface area contributed by atoms with Crippen molar-refractivity contribution in [2.75, 3.05) is 0 Å². The van der Waals surface area contributed by atoms with Crippen molar-refractivity contribution in [3.63, 3.8) is 0 Å². The number of carbonyl (C=O) groups excluding carboxylic acids is 1. The fraction of sp³-hybridized carbons (Fsp3) is 0.737. The average molecular weight is 572 g/mol. The SMILES string of the molecule is CCCCC(CC)C(=O)[NH][Hf+2]([C]1=C(C)C(C)=C(C)C1C)[SiH](C)C.[Cl-].[Cl-]. The van der Waals surface area contributed by atoms with Crippen LogP contribution in [0.1, 0.15) is 67.2 Å². The number of hydrogen-bond donors (Lipinski definition) is 1. The van der Waals surface area contributed by atoms with E-state index in [4.69, 9.17) is 0 Å². The van der Waals surface area contributed by atoms with E-state index in [1.165, 1.54) is 29.6 Å². The summed E-state index contributed by atoms with van der Waals surface area (Å²) in [4.78, 5) is 12.9. The summed E-state index contributed by atoms with van der Waals surface area (Å²) in [5.41, 5.74) is 4.53. The molecular weight excluding hydrogens is 536 g/mol. The predicted molar refractivity (Wildman–Crippen MR) is 101 cm³/mol. The Morgan fingerprint density at radius 3 is 2.08 bits per heavy atom. The van der Waals surface area contributed by atoms with E-state index in [2.05, 4.69) is 57.9 Å². The van der Waals surface area contributed by atoms with E-state index in [9.17, 15) is 4.79 Å². The minimum atomic E-state index is -2.21. The minimum absolute atomic E-state index is 0. The number of amides is 1. The van der Waals surface area contributed by atoms with Gasteiger partial charge in [0, 0.05) is 0 Å². The smallest absolute Gasteiger partial charge is 1.00 e. The molecule has 0 aromatic carbocycles. The summed E-state index contributed by atoms with van der Waals surface area (Å²) in [6.07, 6.45) is 4.39. The Balaban J connectivity index is 0. The van der Waals surface area contributed by atoms with Gasteiger partial charge in [0.2, 0.25) is 0 Å². The van der Waals surface area contributed by atoms with Crippen LogP contribution in [0.3, 0.4) is 0 Å². The molecule has 2 nitrogen and oxygen atoms in total. The molecule has 0 saturated heterocycles. The van der Waals surface area contributed by atoms with Gasteiger partial charge in [0.05, 0.1) is 0 Å². The van der Waals surface area contributed by atoms with Gasteiger partial charge in [0.25, 0.3) is 0 Å². The summed E-state index contributed by atoms with van der Waals surface area (Å²) >= 11 is -2.21. The summed E-state index contributed by atoms with van der Waals surface area (Å²) in [5.74, 6) is 0.369. The molecule has 0 fully saturated rings. The number of halogens is 2. The van der Waals surface area contributed by atoms with Crippen LogP contribution in [0, 0.1) is 11.8 Å². The molecule has 0 aliphatic heterocycles. The van der Waals surface area contributed by atoms with Crippen LogP contribution in [0.15, 0.2) is 20.0 Å². The number of unbranched alkanes of at least 4 members (excludes halogenated alkanes) is 1. The first-order valence-electron chi connectivity index (χ1n) is 9.32. The Kier molecular flexibility index (Phi) is 14.4. The first-order chi connectivity index (χ1) is 10.8. The van der Waals surface area contributed by atoms with E-state index < -0.39 is 26.9 Å². The Morgan fingerprint density at radius 2 is 1.72 bits per heavy atom. The summed E-state index contributed by atoms with van der Waals surface area (Å²) in [7, 11) is 0. The third-order valence-electron chi connectivity index (χ3n) is 5.54. The zero-order valence-electron chi connectivity index (χ0n) is 17.2. The van der Waals surface area contributed by atoms with Gasteiger partial charge in [-0.05, 0) is 0 Å². The van der Waals surface area contributed by atoms with Crippen molar-refractivity contribution in [1.29, 1.82) is 0 Å². The van der Waals surface area contributed by atoms with E-state index >= 15 is 0 Å². The Morgan fingerprint density at radius 1 is 1.16 bits per heavy atom. The quantitative estimate of drug-likeness (QED) is 0.376. The van der Waals surface area contributed by atoms with Gasteiger partial charge >= 0.3 is 153 Å². The molecule has 1 N–H and O–H groups in total. The molecule has 0 spiro atoms. The average Bonchev–Trinajstić information content (AvgIpc) is 2.69. The molecule has 1 rings (SSSR count). The van der Waals surface area contributed by atoms with E-state index in [0.29, 0.717) is 11.8 Å². The van der Waals surface area contributed by atoms with Gasteiger partial charge < -0.3 is 24.8 Å². The minimum Gasteiger partial charge on any atom is -1.00 e. The first-order valence-corrected chi connectivity index (χ1v) is 22.0. The van der Waals surface area contributed by atoms with Gasteiger partial charge in [-0.3, -0.25) is 0 Å². The van der Waals surface area contributed by atoms with Crippen molar-refractivity contribution < 1.29 is 50.5 Å². The largest absolute Gasteiger partial charge is 1.00 e. The molecule has 145 valence electrons. The fourth-order valence-corrected chi connectivity index (χ4v) is 26.0. The molecule has 0 radical (unpaired) electrons. The van der Waals surface area contributed by atoms with E-state index in [0.717, 1.165) is 12.8 Å². The van der Waals surface area contributed by atoms with Gasteiger partial charge in [-0.15, -0.1) is 0 Å². The Bertz CT molecular complexity index is 506. The third kappa shape index (κ3) is 6.93. The maximum absolute atomic E-state index is 12.9. The Hall–Kier alpha value is 0.617. The van der Waals surface area contributed by atoms with Crippen molar-refractivity contribution in [3.8, 4) is 0 Å². The second-order valence-electron chi connectivity index (χ2n) is 7.37. The second kappa shape index (κ2) is 12.9. The van der Waals surface area contributed by atoms with Crippen LogP contribution in [0.2, 0.25) is 13.1 Å². The number of nitrogens with one attached hydrogen (secondary N) is 1. The van der Waals surface area contributed by atoms with Crippen LogP contribution in [-0.4, -0.2) is 11.9 Å². The molecular formula is C19H36Cl2HfNOSi. The van der Waals surface area contributed by atoms with E-state index in [-0.39, 0.29) is 30.7 Å². The summed E-state index contributed by atoms with van der Waals surface area (Å²) < 4.78 is 5.37. The van der Waals surface area contributed by atoms with Gasteiger partial charge in [0.1, 0.15) is 0 Å². The zero-order chi connectivity index (χ0) is 17.7. The van der Waals surface area contributed by atoms with Crippen LogP contribution in [-0.2, 0) is 25.7 Å². The van der Waals surface area contributed by atoms with Crippen LogP contribution in [0.5, 0.6) is 0 Å². The summed E-state index contributed by atoms with van der Waals surface area (Å²) in [6.45, 7) is 18.5. The first kappa shape index (κ1) is 27.8. The van der Waals surface area contributed by atoms with Gasteiger partial charge in [-0.25, -0.2) is 0 Å². The molecule has 6 heteroatoms. The zero-order valence-corrected chi connectivity index (χ0v) is 23.5. The van der Waals surface area contributed by atoms with Gasteiger partial charge in [-0.1, -0.05) is 0 Å². The molecule has 0 saturated carbocycles. The fourth-order valence-electron chi connectivity index (χ4n) is 3.53. The number of hydrogen-bond acceptors (Lipinski definition) is 1. The number of allylic oxidation sites excluding steroid dienone is 4. The summed E-state index contributed by atoms with van der Waals surface area (Å²) in [5, 5.41) is 0. The maximum atomic E-state index is 12.9. The van der Waals surface area contributed by atoms with Gasteiger partial charge in [0.15, 0.2) is 0 Å². The van der Waals surface area contributed by atoms with Crippen molar-refractivity contribution in [2.24, 2.45) is 11.8 Å². The molecule has 0 heterocycles. The number of carbonyl (C=O) groups is 1. The molecule has 1 aliphatic rings. The van der Waals surface area contributed by atoms with Crippen LogP contribution in [0.4, 0.5) is 0 Å². The van der Waals surface area contributed by atoms with Gasteiger partial charge in [-0.2, -0.15) is 0 Å². The molecule has 1 amide bonds. The number of rotatable bonds is 8. The third-order valence-corrected chi connectivity index (χ3v) is 29.7. The molecule has 0 aromatic heterocycles. The predicted octanol–water partition coefficient (Wildman–Crippen LogP) is -0.896. The molecule has 0 aromatic rings. The van der Waals surface area contributed by atoms with Crippen molar-refractivity contribution in [2.45, 2.75) is 80.3 Å². The molecule has 0 bridgehead atoms. The molecule has 1 aliphatic carbocycles. The van der Waals surface area contributed by atoms with Crippen molar-refractivity contribution >= 4 is 11.9 Å². The van der Waals surface area contributed by atoms with Crippen LogP contribution >= 0.6 is 0 Å². The maximum Gasteiger partial charge on any atom is -1.00 e.